The predicted molar refractivity (Wildman–Crippen MR) is 90.0 cm³/mol. The minimum Gasteiger partial charge on any atom is -0.368 e. The van der Waals surface area contributed by atoms with Crippen molar-refractivity contribution in [1.29, 1.82) is 0 Å². The number of para-hydroxylation sites is 2. The third-order valence-corrected chi connectivity index (χ3v) is 3.74. The quantitative estimate of drug-likeness (QED) is 0.727. The Balaban J connectivity index is 1.78. The molecule has 0 radical (unpaired) electrons. The summed E-state index contributed by atoms with van der Waals surface area (Å²) in [4.78, 5) is 32.5. The Hall–Kier alpha value is -3.42. The molecule has 26 heavy (non-hydrogen) atoms. The lowest BCUT2D eigenvalue weighted by Crippen LogP contribution is -2.46. The van der Waals surface area contributed by atoms with E-state index < -0.39 is 29.5 Å². The van der Waals surface area contributed by atoms with Crippen molar-refractivity contribution >= 4 is 22.8 Å². The lowest BCUT2D eigenvalue weighted by atomic mass is 10.1. The fourth-order valence-corrected chi connectivity index (χ4v) is 2.40. The van der Waals surface area contributed by atoms with Crippen LogP contribution in [-0.2, 0) is 11.2 Å². The Morgan fingerprint density at radius 2 is 1.81 bits per heavy atom. The average molecular weight is 356 g/mol. The number of carbonyl (C=O) groups is 2. The number of rotatable bonds is 5. The topological polar surface area (TPSA) is 98.0 Å². The van der Waals surface area contributed by atoms with Gasteiger partial charge in [0.1, 0.15) is 6.04 Å². The maximum absolute atomic E-state index is 13.3. The summed E-state index contributed by atoms with van der Waals surface area (Å²) in [6.45, 7) is 0. The highest BCUT2D eigenvalue weighted by Gasteiger charge is 2.21. The van der Waals surface area contributed by atoms with Crippen molar-refractivity contribution in [3.05, 3.63) is 71.6 Å². The zero-order valence-electron chi connectivity index (χ0n) is 13.4. The van der Waals surface area contributed by atoms with Crippen LogP contribution in [0, 0.1) is 11.6 Å². The number of carbonyl (C=O) groups excluding carboxylic acids is 2. The van der Waals surface area contributed by atoms with E-state index >= 15 is 0 Å². The largest absolute Gasteiger partial charge is 0.368 e. The molecule has 0 aliphatic carbocycles. The second-order valence-electron chi connectivity index (χ2n) is 5.61. The number of hydrogen-bond acceptors (Lipinski definition) is 4. The molecule has 132 valence electrons. The van der Waals surface area contributed by atoms with Gasteiger partial charge in [0.2, 0.25) is 5.91 Å². The van der Waals surface area contributed by atoms with Crippen LogP contribution < -0.4 is 11.1 Å². The molecule has 0 aliphatic heterocycles. The van der Waals surface area contributed by atoms with Gasteiger partial charge in [0.05, 0.1) is 16.7 Å². The zero-order chi connectivity index (χ0) is 18.7. The predicted octanol–water partition coefficient (Wildman–Crippen LogP) is 1.73. The number of nitrogens with two attached hydrogens (primary N) is 1. The minimum absolute atomic E-state index is 0.0165. The van der Waals surface area contributed by atoms with Crippen molar-refractivity contribution in [1.82, 2.24) is 15.3 Å². The lowest BCUT2D eigenvalue weighted by Gasteiger charge is -2.15. The summed E-state index contributed by atoms with van der Waals surface area (Å²) in [5, 5.41) is 2.41. The molecule has 0 bridgehead atoms. The summed E-state index contributed by atoms with van der Waals surface area (Å²) in [6, 6.07) is 8.81. The summed E-state index contributed by atoms with van der Waals surface area (Å²) in [5.41, 5.74) is 7.00. The van der Waals surface area contributed by atoms with Crippen LogP contribution >= 0.6 is 0 Å². The summed E-state index contributed by atoms with van der Waals surface area (Å²) in [6.07, 6.45) is 1.50. The first kappa shape index (κ1) is 17.4. The standard InChI is InChI=1S/C18H14F2N4O2/c19-12-6-5-10(7-13(12)20)18(26)24-16(17(21)25)8-11-9-22-14-3-1-2-4-15(14)23-11/h1-7,9,16H,8H2,(H2,21,25)(H,24,26)/t16-/m0/s1. The molecule has 0 fully saturated rings. The van der Waals surface area contributed by atoms with Gasteiger partial charge in [-0.15, -0.1) is 0 Å². The summed E-state index contributed by atoms with van der Waals surface area (Å²) in [7, 11) is 0. The van der Waals surface area contributed by atoms with Crippen LogP contribution in [0.4, 0.5) is 8.78 Å². The van der Waals surface area contributed by atoms with Crippen LogP contribution in [0.2, 0.25) is 0 Å². The molecule has 2 aromatic carbocycles. The molecular weight excluding hydrogens is 342 g/mol. The normalized spacial score (nSPS) is 11.9. The van der Waals surface area contributed by atoms with Gasteiger partial charge in [-0.25, -0.2) is 13.8 Å². The maximum Gasteiger partial charge on any atom is 0.252 e. The first-order valence-corrected chi connectivity index (χ1v) is 7.70. The van der Waals surface area contributed by atoms with E-state index in [2.05, 4.69) is 15.3 Å². The Morgan fingerprint density at radius 3 is 2.50 bits per heavy atom. The lowest BCUT2D eigenvalue weighted by molar-refractivity contribution is -0.119. The first-order valence-electron chi connectivity index (χ1n) is 7.70. The van der Waals surface area contributed by atoms with Crippen molar-refractivity contribution in [2.75, 3.05) is 0 Å². The van der Waals surface area contributed by atoms with Crippen molar-refractivity contribution in [2.24, 2.45) is 5.73 Å². The number of amides is 2. The van der Waals surface area contributed by atoms with E-state index in [0.29, 0.717) is 16.7 Å². The third-order valence-electron chi connectivity index (χ3n) is 3.74. The van der Waals surface area contributed by atoms with Crippen molar-refractivity contribution in [2.45, 2.75) is 12.5 Å². The summed E-state index contributed by atoms with van der Waals surface area (Å²) >= 11 is 0. The molecule has 0 saturated carbocycles. The van der Waals surface area contributed by atoms with E-state index in [1.165, 1.54) is 6.20 Å². The Kier molecular flexibility index (Phi) is 4.83. The molecule has 0 aliphatic rings. The average Bonchev–Trinajstić information content (AvgIpc) is 2.63. The molecular formula is C18H14F2N4O2. The molecule has 1 atom stereocenters. The van der Waals surface area contributed by atoms with Gasteiger partial charge in [-0.05, 0) is 30.3 Å². The van der Waals surface area contributed by atoms with E-state index in [0.717, 1.165) is 18.2 Å². The highest BCUT2D eigenvalue weighted by Crippen LogP contribution is 2.11. The first-order chi connectivity index (χ1) is 12.4. The van der Waals surface area contributed by atoms with Gasteiger partial charge >= 0.3 is 0 Å². The van der Waals surface area contributed by atoms with Crippen molar-refractivity contribution in [3.8, 4) is 0 Å². The van der Waals surface area contributed by atoms with Crippen LogP contribution in [-0.4, -0.2) is 27.8 Å². The second-order valence-corrected chi connectivity index (χ2v) is 5.61. The van der Waals surface area contributed by atoms with E-state index in [4.69, 9.17) is 5.73 Å². The maximum atomic E-state index is 13.3. The van der Waals surface area contributed by atoms with Crippen LogP contribution in [0.1, 0.15) is 16.1 Å². The number of halogens is 2. The van der Waals surface area contributed by atoms with E-state index in [9.17, 15) is 18.4 Å². The van der Waals surface area contributed by atoms with Crippen molar-refractivity contribution in [3.63, 3.8) is 0 Å². The molecule has 0 unspecified atom stereocenters. The van der Waals surface area contributed by atoms with Gasteiger partial charge in [0, 0.05) is 18.2 Å². The van der Waals surface area contributed by atoms with Gasteiger partial charge < -0.3 is 11.1 Å². The van der Waals surface area contributed by atoms with Crippen LogP contribution in [0.15, 0.2) is 48.7 Å². The number of primary amides is 1. The molecule has 1 aromatic heterocycles. The molecule has 3 aromatic rings. The number of fused-ring (bicyclic) bond motifs is 1. The molecule has 3 rings (SSSR count). The fourth-order valence-electron chi connectivity index (χ4n) is 2.40. The van der Waals surface area contributed by atoms with Crippen molar-refractivity contribution < 1.29 is 18.4 Å². The minimum atomic E-state index is -1.16. The van der Waals surface area contributed by atoms with Crippen LogP contribution in [0.3, 0.4) is 0 Å². The number of nitrogens with one attached hydrogen (secondary N) is 1. The molecule has 1 heterocycles. The van der Waals surface area contributed by atoms with Crippen LogP contribution in [0.5, 0.6) is 0 Å². The molecule has 0 saturated heterocycles. The second kappa shape index (κ2) is 7.22. The van der Waals surface area contributed by atoms with Gasteiger partial charge in [0.15, 0.2) is 11.6 Å². The third kappa shape index (κ3) is 3.80. The van der Waals surface area contributed by atoms with Gasteiger partial charge in [-0.2, -0.15) is 0 Å². The van der Waals surface area contributed by atoms with E-state index in [1.54, 1.807) is 18.2 Å². The smallest absolute Gasteiger partial charge is 0.252 e. The highest BCUT2D eigenvalue weighted by molar-refractivity contribution is 5.97. The molecule has 0 spiro atoms. The molecule has 8 heteroatoms. The Morgan fingerprint density at radius 1 is 1.08 bits per heavy atom. The van der Waals surface area contributed by atoms with Gasteiger partial charge in [0.25, 0.3) is 5.91 Å². The summed E-state index contributed by atoms with van der Waals surface area (Å²) < 4.78 is 26.2. The van der Waals surface area contributed by atoms with Gasteiger partial charge in [-0.1, -0.05) is 12.1 Å². The summed E-state index contributed by atoms with van der Waals surface area (Å²) in [5.74, 6) is -3.76. The Bertz CT molecular complexity index is 994. The van der Waals surface area contributed by atoms with Crippen LogP contribution in [0.25, 0.3) is 11.0 Å². The van der Waals surface area contributed by atoms with E-state index in [1.807, 2.05) is 6.07 Å². The number of nitrogens with zero attached hydrogens (tertiary/aromatic N) is 2. The molecule has 3 N–H and O–H groups in total. The Labute approximate surface area is 147 Å². The monoisotopic (exact) mass is 356 g/mol. The molecule has 6 nitrogen and oxygen atoms in total. The number of aromatic nitrogens is 2. The number of hydrogen-bond donors (Lipinski definition) is 2. The molecule has 2 amide bonds. The highest BCUT2D eigenvalue weighted by atomic mass is 19.2. The zero-order valence-corrected chi connectivity index (χ0v) is 13.4. The number of benzene rings is 2. The SMILES string of the molecule is NC(=O)[C@H](Cc1cnc2ccccc2n1)NC(=O)c1ccc(F)c(F)c1. The van der Waals surface area contributed by atoms with E-state index in [-0.39, 0.29) is 12.0 Å². The van der Waals surface area contributed by atoms with Gasteiger partial charge in [-0.3, -0.25) is 14.6 Å². The fraction of sp³-hybridized carbons (Fsp3) is 0.111.